The van der Waals surface area contributed by atoms with E-state index in [1.165, 1.54) is 0 Å². The number of likely N-dealkylation sites (tertiary alicyclic amines) is 1. The van der Waals surface area contributed by atoms with Crippen molar-refractivity contribution < 1.29 is 9.32 Å². The molecule has 128 valence electrons. The molecular weight excluding hydrogens is 304 g/mol. The van der Waals surface area contributed by atoms with E-state index in [2.05, 4.69) is 22.3 Å². The molecule has 1 atom stereocenters. The van der Waals surface area contributed by atoms with Gasteiger partial charge in [-0.25, -0.2) is 0 Å². The lowest BCUT2D eigenvalue weighted by Crippen LogP contribution is -2.40. The maximum atomic E-state index is 12.1. The average molecular weight is 328 g/mol. The molecule has 3 heterocycles. The largest absolute Gasteiger partial charge is 0.361 e. The minimum absolute atomic E-state index is 0.148. The topological polar surface area (TPSA) is 85.2 Å². The molecular formula is C18H24N4O2. The number of aromatic nitrogens is 2. The maximum Gasteiger partial charge on any atom is 0.223 e. The highest BCUT2D eigenvalue weighted by Crippen LogP contribution is 2.29. The number of nitrogens with zero attached hydrogens (tertiary/aromatic N) is 3. The maximum absolute atomic E-state index is 12.1. The highest BCUT2D eigenvalue weighted by molar-refractivity contribution is 5.76. The summed E-state index contributed by atoms with van der Waals surface area (Å²) in [5.41, 5.74) is 9.43. The van der Waals surface area contributed by atoms with Gasteiger partial charge in [0.2, 0.25) is 5.91 Å². The molecule has 6 heteroatoms. The monoisotopic (exact) mass is 328 g/mol. The Labute approximate surface area is 142 Å². The molecule has 1 fully saturated rings. The number of aryl methyl sites for hydroxylation is 2. The molecule has 1 amide bonds. The van der Waals surface area contributed by atoms with Gasteiger partial charge in [0.15, 0.2) is 0 Å². The van der Waals surface area contributed by atoms with E-state index in [9.17, 15) is 4.79 Å². The molecule has 0 saturated carbocycles. The summed E-state index contributed by atoms with van der Waals surface area (Å²) >= 11 is 0. The first-order valence-electron chi connectivity index (χ1n) is 8.47. The Morgan fingerprint density at radius 2 is 2.25 bits per heavy atom. The van der Waals surface area contributed by atoms with Crippen LogP contribution in [-0.2, 0) is 4.79 Å². The van der Waals surface area contributed by atoms with Crippen LogP contribution in [0, 0.1) is 13.8 Å². The third kappa shape index (κ3) is 3.33. The Bertz CT molecular complexity index is 689. The van der Waals surface area contributed by atoms with Crippen molar-refractivity contribution >= 4 is 5.91 Å². The van der Waals surface area contributed by atoms with E-state index in [0.29, 0.717) is 18.9 Å². The Hall–Kier alpha value is -2.21. The van der Waals surface area contributed by atoms with Crippen LogP contribution in [0.3, 0.4) is 0 Å². The second-order valence-corrected chi connectivity index (χ2v) is 6.39. The van der Waals surface area contributed by atoms with Gasteiger partial charge >= 0.3 is 0 Å². The number of pyridine rings is 1. The van der Waals surface area contributed by atoms with Crippen LogP contribution in [0.2, 0.25) is 0 Å². The van der Waals surface area contributed by atoms with E-state index in [4.69, 9.17) is 10.3 Å². The third-order valence-electron chi connectivity index (χ3n) is 4.66. The van der Waals surface area contributed by atoms with E-state index in [-0.39, 0.29) is 5.91 Å². The first-order valence-corrected chi connectivity index (χ1v) is 8.47. The molecule has 1 saturated heterocycles. The zero-order valence-electron chi connectivity index (χ0n) is 14.3. The van der Waals surface area contributed by atoms with E-state index in [1.807, 2.05) is 24.9 Å². The number of carbonyl (C=O) groups excluding carboxylic acids is 1. The highest BCUT2D eigenvalue weighted by atomic mass is 16.5. The summed E-state index contributed by atoms with van der Waals surface area (Å²) in [4.78, 5) is 18.6. The minimum Gasteiger partial charge on any atom is -0.361 e. The minimum atomic E-state index is 0.148. The van der Waals surface area contributed by atoms with Gasteiger partial charge in [-0.15, -0.1) is 0 Å². The molecule has 0 aliphatic carbocycles. The Morgan fingerprint density at radius 1 is 1.42 bits per heavy atom. The molecule has 6 nitrogen and oxygen atoms in total. The van der Waals surface area contributed by atoms with Gasteiger partial charge in [-0.2, -0.15) is 0 Å². The first-order chi connectivity index (χ1) is 11.6. The Morgan fingerprint density at radius 3 is 2.88 bits per heavy atom. The zero-order valence-corrected chi connectivity index (χ0v) is 14.3. The van der Waals surface area contributed by atoms with Gasteiger partial charge in [0, 0.05) is 55.0 Å². The fourth-order valence-electron chi connectivity index (χ4n) is 3.42. The van der Waals surface area contributed by atoms with E-state index < -0.39 is 0 Å². The average Bonchev–Trinajstić information content (AvgIpc) is 2.94. The molecule has 0 radical (unpaired) electrons. The summed E-state index contributed by atoms with van der Waals surface area (Å²) in [5.74, 6) is 1.24. The highest BCUT2D eigenvalue weighted by Gasteiger charge is 2.25. The van der Waals surface area contributed by atoms with Crippen molar-refractivity contribution in [3.8, 4) is 11.1 Å². The summed E-state index contributed by atoms with van der Waals surface area (Å²) in [6.07, 6.45) is 4.37. The van der Waals surface area contributed by atoms with Crippen LogP contribution in [0.5, 0.6) is 0 Å². The van der Waals surface area contributed by atoms with Crippen LogP contribution in [0.1, 0.15) is 42.3 Å². The van der Waals surface area contributed by atoms with Gasteiger partial charge in [-0.1, -0.05) is 11.2 Å². The first kappa shape index (κ1) is 16.6. The van der Waals surface area contributed by atoms with Crippen molar-refractivity contribution in [1.29, 1.82) is 0 Å². The number of piperidine rings is 1. The van der Waals surface area contributed by atoms with Crippen molar-refractivity contribution in [1.82, 2.24) is 15.0 Å². The molecule has 0 bridgehead atoms. The number of nitrogens with two attached hydrogens (primary N) is 1. The van der Waals surface area contributed by atoms with Gasteiger partial charge in [0.05, 0.1) is 5.69 Å². The van der Waals surface area contributed by atoms with Crippen LogP contribution in [0.25, 0.3) is 11.1 Å². The van der Waals surface area contributed by atoms with Gasteiger partial charge in [0.1, 0.15) is 5.76 Å². The molecule has 2 N–H and O–H groups in total. The van der Waals surface area contributed by atoms with Gasteiger partial charge in [-0.05, 0) is 32.8 Å². The van der Waals surface area contributed by atoms with Crippen LogP contribution in [0.15, 0.2) is 22.9 Å². The number of rotatable bonds is 4. The van der Waals surface area contributed by atoms with Crippen LogP contribution in [0.4, 0.5) is 0 Å². The quantitative estimate of drug-likeness (QED) is 0.931. The predicted molar refractivity (Wildman–Crippen MR) is 91.4 cm³/mol. The van der Waals surface area contributed by atoms with Crippen molar-refractivity contribution in [2.24, 2.45) is 5.73 Å². The van der Waals surface area contributed by atoms with E-state index in [1.54, 1.807) is 0 Å². The van der Waals surface area contributed by atoms with Crippen molar-refractivity contribution in [2.45, 2.75) is 39.0 Å². The molecule has 3 rings (SSSR count). The number of hydrogen-bond donors (Lipinski definition) is 1. The smallest absolute Gasteiger partial charge is 0.223 e. The summed E-state index contributed by atoms with van der Waals surface area (Å²) < 4.78 is 5.23. The molecule has 0 aromatic carbocycles. The molecule has 0 unspecified atom stereocenters. The van der Waals surface area contributed by atoms with Gasteiger partial charge < -0.3 is 15.2 Å². The lowest BCUT2D eigenvalue weighted by atomic mass is 9.93. The lowest BCUT2D eigenvalue weighted by Gasteiger charge is -2.32. The second kappa shape index (κ2) is 7.13. The predicted octanol–water partition coefficient (Wildman–Crippen LogP) is 2.41. The molecule has 2 aromatic heterocycles. The summed E-state index contributed by atoms with van der Waals surface area (Å²) in [6, 6.07) is 4.12. The number of amides is 1. The van der Waals surface area contributed by atoms with Crippen LogP contribution >= 0.6 is 0 Å². The van der Waals surface area contributed by atoms with Gasteiger partial charge in [0.25, 0.3) is 0 Å². The van der Waals surface area contributed by atoms with E-state index >= 15 is 0 Å². The van der Waals surface area contributed by atoms with E-state index in [0.717, 1.165) is 54.2 Å². The third-order valence-corrected chi connectivity index (χ3v) is 4.66. The Balaban J connectivity index is 1.75. The van der Waals surface area contributed by atoms with Crippen LogP contribution in [-0.4, -0.2) is 40.6 Å². The molecule has 1 aliphatic rings. The number of carbonyl (C=O) groups is 1. The molecule has 0 spiro atoms. The zero-order chi connectivity index (χ0) is 17.1. The standard InChI is InChI=1S/C18H24N4O2/c1-12-18(13(2)24-21-12)14-5-6-16(20-10-14)15-4-3-9-22(11-15)17(23)7-8-19/h5-6,10,15H,3-4,7-9,11,19H2,1-2H3/t15-/m0/s1. The number of hydrogen-bond acceptors (Lipinski definition) is 5. The SMILES string of the molecule is Cc1noc(C)c1-c1ccc([C@H]2CCCN(C(=O)CCN)C2)nc1. The Kier molecular flexibility index (Phi) is 4.94. The second-order valence-electron chi connectivity index (χ2n) is 6.39. The summed E-state index contributed by atoms with van der Waals surface area (Å²) in [5, 5.41) is 3.99. The lowest BCUT2D eigenvalue weighted by molar-refractivity contribution is -0.132. The summed E-state index contributed by atoms with van der Waals surface area (Å²) in [7, 11) is 0. The summed E-state index contributed by atoms with van der Waals surface area (Å²) in [6.45, 7) is 5.81. The normalized spacial score (nSPS) is 18.0. The van der Waals surface area contributed by atoms with Crippen molar-refractivity contribution in [3.63, 3.8) is 0 Å². The van der Waals surface area contributed by atoms with Crippen LogP contribution < -0.4 is 5.73 Å². The van der Waals surface area contributed by atoms with Crippen molar-refractivity contribution in [2.75, 3.05) is 19.6 Å². The molecule has 2 aromatic rings. The molecule has 1 aliphatic heterocycles. The molecule has 24 heavy (non-hydrogen) atoms. The fraction of sp³-hybridized carbons (Fsp3) is 0.500. The van der Waals surface area contributed by atoms with Crippen molar-refractivity contribution in [3.05, 3.63) is 35.5 Å². The fourth-order valence-corrected chi connectivity index (χ4v) is 3.42. The van der Waals surface area contributed by atoms with Gasteiger partial charge in [-0.3, -0.25) is 9.78 Å².